The van der Waals surface area contributed by atoms with E-state index < -0.39 is 0 Å². The Bertz CT molecular complexity index is 305. The second kappa shape index (κ2) is 3.69. The third kappa shape index (κ3) is 1.66. The topological polar surface area (TPSA) is 53.6 Å². The minimum atomic E-state index is 0.370. The number of hydrogen-bond donors (Lipinski definition) is 2. The lowest BCUT2D eigenvalue weighted by Gasteiger charge is -2.11. The van der Waals surface area contributed by atoms with Crippen molar-refractivity contribution in [3.05, 3.63) is 11.6 Å². The first kappa shape index (κ1) is 9.65. The highest BCUT2D eigenvalue weighted by Crippen LogP contribution is 2.26. The lowest BCUT2D eigenvalue weighted by molar-refractivity contribution is 0.480. The van der Waals surface area contributed by atoms with Crippen LogP contribution < -0.4 is 5.32 Å². The summed E-state index contributed by atoms with van der Waals surface area (Å²) >= 11 is 0. The highest BCUT2D eigenvalue weighted by Gasteiger charge is 2.27. The molecule has 4 nitrogen and oxygen atoms in total. The zero-order valence-corrected chi connectivity index (χ0v) is 9.04. The molecular formula is C10H18N4. The molecule has 1 aliphatic heterocycles. The van der Waals surface area contributed by atoms with Gasteiger partial charge in [0.2, 0.25) is 0 Å². The molecule has 0 bridgehead atoms. The van der Waals surface area contributed by atoms with Crippen LogP contribution in [0, 0.1) is 5.92 Å². The molecule has 0 aliphatic carbocycles. The van der Waals surface area contributed by atoms with E-state index in [2.05, 4.69) is 41.3 Å². The van der Waals surface area contributed by atoms with Crippen molar-refractivity contribution in [3.63, 3.8) is 0 Å². The molecule has 0 spiro atoms. The molecule has 2 unspecified atom stereocenters. The van der Waals surface area contributed by atoms with Crippen molar-refractivity contribution >= 4 is 0 Å². The Hall–Kier alpha value is -0.900. The number of hydrogen-bond acceptors (Lipinski definition) is 3. The molecule has 4 heteroatoms. The van der Waals surface area contributed by atoms with Crippen LogP contribution >= 0.6 is 0 Å². The molecule has 2 N–H and O–H groups in total. The molecule has 1 aromatic heterocycles. The zero-order valence-electron chi connectivity index (χ0n) is 9.04. The first-order valence-corrected chi connectivity index (χ1v) is 5.34. The lowest BCUT2D eigenvalue weighted by atomic mass is 10.0. The average Bonchev–Trinajstić information content (AvgIpc) is 2.71. The molecule has 2 rings (SSSR count). The van der Waals surface area contributed by atoms with Gasteiger partial charge in [0.25, 0.3) is 0 Å². The highest BCUT2D eigenvalue weighted by molar-refractivity contribution is 5.03. The summed E-state index contributed by atoms with van der Waals surface area (Å²) in [6.45, 7) is 7.56. The van der Waals surface area contributed by atoms with E-state index >= 15 is 0 Å². The standard InChI is InChI=1S/C10H18N4/c1-6(2)9-12-10(14-13-9)8-7(3)4-5-11-8/h6-8,11H,4-5H2,1-3H3,(H,12,13,14). The van der Waals surface area contributed by atoms with E-state index in [4.69, 9.17) is 0 Å². The number of aromatic nitrogens is 3. The molecule has 0 aromatic carbocycles. The van der Waals surface area contributed by atoms with Gasteiger partial charge in [-0.3, -0.25) is 5.10 Å². The van der Waals surface area contributed by atoms with Crippen molar-refractivity contribution < 1.29 is 0 Å². The molecule has 0 radical (unpaired) electrons. The predicted molar refractivity (Wildman–Crippen MR) is 55.0 cm³/mol. The Balaban J connectivity index is 2.16. The van der Waals surface area contributed by atoms with Gasteiger partial charge in [-0.2, -0.15) is 5.10 Å². The molecule has 78 valence electrons. The van der Waals surface area contributed by atoms with Crippen LogP contribution in [0.1, 0.15) is 50.8 Å². The van der Waals surface area contributed by atoms with Crippen LogP contribution in [-0.2, 0) is 0 Å². The number of rotatable bonds is 2. The summed E-state index contributed by atoms with van der Waals surface area (Å²) in [6.07, 6.45) is 1.22. The largest absolute Gasteiger partial charge is 0.307 e. The van der Waals surface area contributed by atoms with Gasteiger partial charge in [-0.25, -0.2) is 4.98 Å². The van der Waals surface area contributed by atoms with Gasteiger partial charge in [-0.15, -0.1) is 0 Å². The van der Waals surface area contributed by atoms with Gasteiger partial charge in [0.1, 0.15) is 5.82 Å². The van der Waals surface area contributed by atoms with Crippen LogP contribution in [0.2, 0.25) is 0 Å². The highest BCUT2D eigenvalue weighted by atomic mass is 15.2. The van der Waals surface area contributed by atoms with Crippen molar-refractivity contribution in [3.8, 4) is 0 Å². The van der Waals surface area contributed by atoms with Gasteiger partial charge in [0, 0.05) is 5.92 Å². The molecule has 1 aromatic rings. The second-order valence-corrected chi connectivity index (χ2v) is 4.43. The van der Waals surface area contributed by atoms with Crippen LogP contribution in [-0.4, -0.2) is 21.7 Å². The maximum atomic E-state index is 4.51. The first-order chi connectivity index (χ1) is 6.68. The van der Waals surface area contributed by atoms with Gasteiger partial charge < -0.3 is 5.32 Å². The molecule has 1 fully saturated rings. The summed E-state index contributed by atoms with van der Waals surface area (Å²) in [5, 5.41) is 10.7. The minimum Gasteiger partial charge on any atom is -0.307 e. The van der Waals surface area contributed by atoms with E-state index in [1.165, 1.54) is 6.42 Å². The summed E-state index contributed by atoms with van der Waals surface area (Å²) in [7, 11) is 0. The quantitative estimate of drug-likeness (QED) is 0.752. The molecule has 1 saturated heterocycles. The normalized spacial score (nSPS) is 27.4. The summed E-state index contributed by atoms with van der Waals surface area (Å²) in [6, 6.07) is 0.370. The Kier molecular flexibility index (Phi) is 2.54. The van der Waals surface area contributed by atoms with E-state index in [0.29, 0.717) is 17.9 Å². The SMILES string of the molecule is CC(C)c1n[nH]c(C2NCCC2C)n1. The minimum absolute atomic E-state index is 0.370. The lowest BCUT2D eigenvalue weighted by Crippen LogP contribution is -2.18. The fourth-order valence-electron chi connectivity index (χ4n) is 1.89. The third-order valence-corrected chi connectivity index (χ3v) is 2.86. The summed E-state index contributed by atoms with van der Waals surface area (Å²) in [5.41, 5.74) is 0. The first-order valence-electron chi connectivity index (χ1n) is 5.34. The van der Waals surface area contributed by atoms with E-state index in [-0.39, 0.29) is 0 Å². The van der Waals surface area contributed by atoms with Crippen LogP contribution in [0.4, 0.5) is 0 Å². The van der Waals surface area contributed by atoms with Crippen LogP contribution in [0.3, 0.4) is 0 Å². The number of nitrogens with one attached hydrogen (secondary N) is 2. The van der Waals surface area contributed by atoms with Crippen LogP contribution in [0.25, 0.3) is 0 Å². The van der Waals surface area contributed by atoms with Gasteiger partial charge >= 0.3 is 0 Å². The van der Waals surface area contributed by atoms with Crippen LogP contribution in [0.5, 0.6) is 0 Å². The molecule has 2 atom stereocenters. The van der Waals surface area contributed by atoms with E-state index in [0.717, 1.165) is 18.2 Å². The zero-order chi connectivity index (χ0) is 10.1. The van der Waals surface area contributed by atoms with Crippen molar-refractivity contribution in [2.45, 2.75) is 39.2 Å². The van der Waals surface area contributed by atoms with Crippen LogP contribution in [0.15, 0.2) is 0 Å². The predicted octanol–water partition coefficient (Wildman–Crippen LogP) is 1.60. The number of H-pyrrole nitrogens is 1. The Morgan fingerprint density at radius 2 is 2.21 bits per heavy atom. The van der Waals surface area contributed by atoms with E-state index in [1.54, 1.807) is 0 Å². The van der Waals surface area contributed by atoms with Gasteiger partial charge in [-0.1, -0.05) is 20.8 Å². The third-order valence-electron chi connectivity index (χ3n) is 2.86. The van der Waals surface area contributed by atoms with Gasteiger partial charge in [-0.05, 0) is 18.9 Å². The van der Waals surface area contributed by atoms with E-state index in [9.17, 15) is 0 Å². The number of nitrogens with zero attached hydrogens (tertiary/aromatic N) is 2. The van der Waals surface area contributed by atoms with Crippen molar-refractivity contribution in [1.82, 2.24) is 20.5 Å². The molecule has 0 saturated carbocycles. The summed E-state index contributed by atoms with van der Waals surface area (Å²) < 4.78 is 0. The fourth-order valence-corrected chi connectivity index (χ4v) is 1.89. The summed E-state index contributed by atoms with van der Waals surface area (Å²) in [4.78, 5) is 4.51. The maximum absolute atomic E-state index is 4.51. The Morgan fingerprint density at radius 3 is 2.71 bits per heavy atom. The molecule has 0 amide bonds. The van der Waals surface area contributed by atoms with Gasteiger partial charge in [0.05, 0.1) is 6.04 Å². The fraction of sp³-hybridized carbons (Fsp3) is 0.800. The second-order valence-electron chi connectivity index (χ2n) is 4.43. The maximum Gasteiger partial charge on any atom is 0.153 e. The summed E-state index contributed by atoms with van der Waals surface area (Å²) in [5.74, 6) is 2.97. The Morgan fingerprint density at radius 1 is 1.43 bits per heavy atom. The molecular weight excluding hydrogens is 176 g/mol. The molecule has 14 heavy (non-hydrogen) atoms. The van der Waals surface area contributed by atoms with Crippen molar-refractivity contribution in [1.29, 1.82) is 0 Å². The van der Waals surface area contributed by atoms with Crippen molar-refractivity contribution in [2.24, 2.45) is 5.92 Å². The van der Waals surface area contributed by atoms with Crippen molar-refractivity contribution in [2.75, 3.05) is 6.54 Å². The average molecular weight is 194 g/mol. The van der Waals surface area contributed by atoms with Gasteiger partial charge in [0.15, 0.2) is 5.82 Å². The molecule has 2 heterocycles. The Labute approximate surface area is 84.5 Å². The number of aromatic amines is 1. The monoisotopic (exact) mass is 194 g/mol. The smallest absolute Gasteiger partial charge is 0.153 e. The molecule has 1 aliphatic rings. The van der Waals surface area contributed by atoms with E-state index in [1.807, 2.05) is 0 Å².